The third-order valence-corrected chi connectivity index (χ3v) is 11.6. The van der Waals surface area contributed by atoms with Crippen LogP contribution in [0.4, 0.5) is 0 Å². The van der Waals surface area contributed by atoms with Gasteiger partial charge in [0.1, 0.15) is 5.82 Å². The first-order chi connectivity index (χ1) is 32.1. The number of benzene rings is 7. The summed E-state index contributed by atoms with van der Waals surface area (Å²) in [6, 6.07) is 58.7. The summed E-state index contributed by atoms with van der Waals surface area (Å²) in [4.78, 5) is 39.5. The standard InChI is InChI=1S/C58H46N8/c1-35-10-18-42(19-11-35)53-61-54(43-20-12-36(2)13-21-43)63-57(62-53)46-28-26-41(27-29-46)49-32-50(34-51(33-49)52-30-39(5)59-40(6)60-52)47-8-7-9-48(31-47)58-65-55(44-22-14-37(3)15-23-44)64-56(66-58)45-24-16-38(4)17-25-45/h7-34H,1-6H3. The summed E-state index contributed by atoms with van der Waals surface area (Å²) < 4.78 is 0. The predicted octanol–water partition coefficient (Wildman–Crippen LogP) is 13.7. The minimum Gasteiger partial charge on any atom is -0.239 e. The fourth-order valence-corrected chi connectivity index (χ4v) is 7.96. The van der Waals surface area contributed by atoms with E-state index in [0.717, 1.165) is 78.4 Å². The molecule has 3 aromatic heterocycles. The van der Waals surface area contributed by atoms with Crippen molar-refractivity contribution in [3.8, 4) is 102 Å². The molecule has 0 saturated carbocycles. The van der Waals surface area contributed by atoms with Crippen LogP contribution in [-0.4, -0.2) is 39.9 Å². The lowest BCUT2D eigenvalue weighted by Gasteiger charge is -2.13. The quantitative estimate of drug-likeness (QED) is 0.141. The van der Waals surface area contributed by atoms with Crippen molar-refractivity contribution in [2.24, 2.45) is 0 Å². The maximum absolute atomic E-state index is 5.06. The Labute approximate surface area is 385 Å². The van der Waals surface area contributed by atoms with E-state index in [9.17, 15) is 0 Å². The van der Waals surface area contributed by atoms with Crippen LogP contribution in [0.15, 0.2) is 170 Å². The Balaban J connectivity index is 1.06. The zero-order valence-electron chi connectivity index (χ0n) is 37.7. The number of hydrogen-bond donors (Lipinski definition) is 0. The first-order valence-electron chi connectivity index (χ1n) is 22.1. The van der Waals surface area contributed by atoms with E-state index in [1.54, 1.807) is 0 Å². The lowest BCUT2D eigenvalue weighted by molar-refractivity contribution is 1.02. The first kappa shape index (κ1) is 41.6. The van der Waals surface area contributed by atoms with E-state index in [4.69, 9.17) is 34.9 Å². The van der Waals surface area contributed by atoms with Crippen molar-refractivity contribution in [3.05, 3.63) is 204 Å². The van der Waals surface area contributed by atoms with Gasteiger partial charge in [0.15, 0.2) is 34.9 Å². The van der Waals surface area contributed by atoms with Crippen molar-refractivity contribution in [2.75, 3.05) is 0 Å². The van der Waals surface area contributed by atoms with Crippen LogP contribution in [0.2, 0.25) is 0 Å². The molecule has 318 valence electrons. The third kappa shape index (κ3) is 9.03. The van der Waals surface area contributed by atoms with Gasteiger partial charge in [-0.05, 0) is 94.1 Å². The summed E-state index contributed by atoms with van der Waals surface area (Å²) in [7, 11) is 0. The molecule has 7 aromatic carbocycles. The molecular formula is C58H46N8. The summed E-state index contributed by atoms with van der Waals surface area (Å²) in [5, 5.41) is 0. The lowest BCUT2D eigenvalue weighted by Crippen LogP contribution is -2.00. The van der Waals surface area contributed by atoms with Crippen LogP contribution < -0.4 is 0 Å². The molecule has 0 amide bonds. The van der Waals surface area contributed by atoms with Crippen LogP contribution in [0.5, 0.6) is 0 Å². The number of hydrogen-bond acceptors (Lipinski definition) is 8. The first-order valence-corrected chi connectivity index (χ1v) is 22.1. The second-order valence-electron chi connectivity index (χ2n) is 17.0. The Morgan fingerprint density at radius 3 is 0.924 bits per heavy atom. The van der Waals surface area contributed by atoms with Gasteiger partial charge in [-0.2, -0.15) is 0 Å². The summed E-state index contributed by atoms with van der Waals surface area (Å²) in [5.74, 6) is 4.43. The molecule has 0 saturated heterocycles. The van der Waals surface area contributed by atoms with E-state index in [2.05, 4.69) is 196 Å². The Morgan fingerprint density at radius 1 is 0.227 bits per heavy atom. The molecule has 0 aliphatic heterocycles. The van der Waals surface area contributed by atoms with Crippen molar-refractivity contribution >= 4 is 0 Å². The molecule has 66 heavy (non-hydrogen) atoms. The van der Waals surface area contributed by atoms with Gasteiger partial charge in [-0.3, -0.25) is 0 Å². The van der Waals surface area contributed by atoms with E-state index in [1.165, 1.54) is 22.3 Å². The molecule has 10 aromatic rings. The maximum atomic E-state index is 5.06. The average Bonchev–Trinajstić information content (AvgIpc) is 3.34. The second-order valence-corrected chi connectivity index (χ2v) is 17.0. The molecule has 0 aliphatic rings. The highest BCUT2D eigenvalue weighted by Crippen LogP contribution is 2.36. The predicted molar refractivity (Wildman–Crippen MR) is 266 cm³/mol. The van der Waals surface area contributed by atoms with Gasteiger partial charge in [0, 0.05) is 44.6 Å². The van der Waals surface area contributed by atoms with Gasteiger partial charge in [0.2, 0.25) is 0 Å². The molecule has 0 radical (unpaired) electrons. The largest absolute Gasteiger partial charge is 0.239 e. The minimum absolute atomic E-state index is 0.599. The molecule has 0 unspecified atom stereocenters. The van der Waals surface area contributed by atoms with E-state index < -0.39 is 0 Å². The molecule has 8 heteroatoms. The number of aromatic nitrogens is 8. The summed E-state index contributed by atoms with van der Waals surface area (Å²) in [6.45, 7) is 12.3. The van der Waals surface area contributed by atoms with Crippen LogP contribution in [0.3, 0.4) is 0 Å². The normalized spacial score (nSPS) is 11.2. The molecule has 0 N–H and O–H groups in total. The number of rotatable bonds is 9. The van der Waals surface area contributed by atoms with Gasteiger partial charge in [-0.1, -0.05) is 162 Å². The highest BCUT2D eigenvalue weighted by molar-refractivity contribution is 5.83. The van der Waals surface area contributed by atoms with Gasteiger partial charge in [-0.25, -0.2) is 39.9 Å². The van der Waals surface area contributed by atoms with Gasteiger partial charge in [-0.15, -0.1) is 0 Å². The molecular weight excluding hydrogens is 809 g/mol. The summed E-state index contributed by atoms with van der Waals surface area (Å²) in [6.07, 6.45) is 0. The summed E-state index contributed by atoms with van der Waals surface area (Å²) >= 11 is 0. The van der Waals surface area contributed by atoms with Crippen molar-refractivity contribution < 1.29 is 0 Å². The zero-order chi connectivity index (χ0) is 45.3. The highest BCUT2D eigenvalue weighted by atomic mass is 15.0. The van der Waals surface area contributed by atoms with Crippen LogP contribution >= 0.6 is 0 Å². The summed E-state index contributed by atoms with van der Waals surface area (Å²) in [5.41, 5.74) is 17.1. The molecule has 0 bridgehead atoms. The molecule has 10 rings (SSSR count). The van der Waals surface area contributed by atoms with Gasteiger partial charge in [0.05, 0.1) is 5.69 Å². The van der Waals surface area contributed by atoms with E-state index in [1.807, 2.05) is 19.9 Å². The van der Waals surface area contributed by atoms with E-state index in [-0.39, 0.29) is 0 Å². The second kappa shape index (κ2) is 17.7. The van der Waals surface area contributed by atoms with E-state index >= 15 is 0 Å². The van der Waals surface area contributed by atoms with Crippen molar-refractivity contribution in [2.45, 2.75) is 41.5 Å². The van der Waals surface area contributed by atoms with Crippen molar-refractivity contribution in [3.63, 3.8) is 0 Å². The number of aryl methyl sites for hydroxylation is 6. The van der Waals surface area contributed by atoms with Crippen LogP contribution in [0, 0.1) is 41.5 Å². The van der Waals surface area contributed by atoms with Crippen molar-refractivity contribution in [1.29, 1.82) is 0 Å². The Kier molecular flexibility index (Phi) is 11.1. The zero-order valence-corrected chi connectivity index (χ0v) is 37.7. The SMILES string of the molecule is Cc1ccc(-c2nc(-c3ccc(C)cc3)nc(-c3ccc(-c4cc(-c5cccc(-c6nc(-c7ccc(C)cc7)nc(-c7ccc(C)cc7)n6)c5)cc(-c5cc(C)nc(C)n5)c4)cc3)n2)cc1. The Bertz CT molecular complexity index is 3230. The van der Waals surface area contributed by atoms with Crippen molar-refractivity contribution in [1.82, 2.24) is 39.9 Å². The van der Waals surface area contributed by atoms with Gasteiger partial charge in [0.25, 0.3) is 0 Å². The number of nitrogens with zero attached hydrogens (tertiary/aromatic N) is 8. The van der Waals surface area contributed by atoms with Crippen LogP contribution in [0.1, 0.15) is 33.8 Å². The van der Waals surface area contributed by atoms with E-state index in [0.29, 0.717) is 34.9 Å². The monoisotopic (exact) mass is 854 g/mol. The lowest BCUT2D eigenvalue weighted by atomic mass is 9.93. The molecule has 0 aliphatic carbocycles. The fraction of sp³-hybridized carbons (Fsp3) is 0.103. The maximum Gasteiger partial charge on any atom is 0.164 e. The Hall–Kier alpha value is -8.36. The average molecular weight is 855 g/mol. The topological polar surface area (TPSA) is 103 Å². The Morgan fingerprint density at radius 2 is 0.530 bits per heavy atom. The smallest absolute Gasteiger partial charge is 0.164 e. The molecule has 0 fully saturated rings. The molecule has 0 atom stereocenters. The molecule has 0 spiro atoms. The van der Waals surface area contributed by atoms with Gasteiger partial charge >= 0.3 is 0 Å². The van der Waals surface area contributed by atoms with Crippen LogP contribution in [-0.2, 0) is 0 Å². The fourth-order valence-electron chi connectivity index (χ4n) is 7.96. The minimum atomic E-state index is 0.599. The highest BCUT2D eigenvalue weighted by Gasteiger charge is 2.17. The van der Waals surface area contributed by atoms with Crippen LogP contribution in [0.25, 0.3) is 102 Å². The third-order valence-electron chi connectivity index (χ3n) is 11.6. The van der Waals surface area contributed by atoms with Gasteiger partial charge < -0.3 is 0 Å². The molecule has 3 heterocycles. The molecule has 8 nitrogen and oxygen atoms in total.